The van der Waals surface area contributed by atoms with Gasteiger partial charge in [0.1, 0.15) is 6.54 Å². The van der Waals surface area contributed by atoms with Gasteiger partial charge in [0, 0.05) is 12.0 Å². The lowest BCUT2D eigenvalue weighted by Crippen LogP contribution is -2.49. The largest absolute Gasteiger partial charge is 0.410 e. The fourth-order valence-corrected chi connectivity index (χ4v) is 4.09. The summed E-state index contributed by atoms with van der Waals surface area (Å²) in [5, 5.41) is 0.183. The van der Waals surface area contributed by atoms with Gasteiger partial charge in [0.05, 0.1) is 25.7 Å². The number of nitrogens with zero attached hydrogens (tertiary/aromatic N) is 1. The number of likely N-dealkylation sites (N-methyl/N-ethyl adjacent to an activating group) is 1. The van der Waals surface area contributed by atoms with Crippen molar-refractivity contribution in [2.24, 2.45) is 0 Å². The quantitative estimate of drug-likeness (QED) is 0.519. The summed E-state index contributed by atoms with van der Waals surface area (Å²) in [7, 11) is -1.81. The lowest BCUT2D eigenvalue weighted by atomic mass is 10.1. The topological polar surface area (TPSA) is 26.3 Å². The van der Waals surface area contributed by atoms with Crippen molar-refractivity contribution < 1.29 is 13.7 Å². The second kappa shape index (κ2) is 6.98. The molecule has 0 fully saturated rings. The van der Waals surface area contributed by atoms with Crippen molar-refractivity contribution in [3.05, 3.63) is 11.6 Å². The molecule has 128 valence electrons. The van der Waals surface area contributed by atoms with E-state index in [0.29, 0.717) is 12.2 Å². The molecule has 0 aromatic rings. The van der Waals surface area contributed by atoms with Crippen molar-refractivity contribution in [3.63, 3.8) is 0 Å². The summed E-state index contributed by atoms with van der Waals surface area (Å²) in [5.74, 6) is 0.293. The lowest BCUT2D eigenvalue weighted by Gasteiger charge is -2.38. The van der Waals surface area contributed by atoms with Gasteiger partial charge < -0.3 is 8.91 Å². The summed E-state index contributed by atoms with van der Waals surface area (Å²) in [6.07, 6.45) is 2.66. The zero-order valence-corrected chi connectivity index (χ0v) is 17.0. The SMILES string of the molecule is CC[N+](CC)(CC)CC1=C[C@@H](O[Si](C)(C)C(C)(C)C)CC1=O. The molecule has 1 atom stereocenters. The molecule has 0 N–H and O–H groups in total. The molecule has 3 nitrogen and oxygen atoms in total. The molecule has 0 saturated carbocycles. The number of quaternary nitrogens is 1. The first-order valence-corrected chi connectivity index (χ1v) is 11.7. The molecule has 0 bridgehead atoms. The Bertz CT molecular complexity index is 423. The molecule has 0 amide bonds. The average Bonchev–Trinajstić information content (AvgIpc) is 2.74. The predicted molar refractivity (Wildman–Crippen MR) is 96.5 cm³/mol. The maximum atomic E-state index is 12.4. The number of hydrogen-bond acceptors (Lipinski definition) is 2. The number of hydrogen-bond donors (Lipinski definition) is 0. The Morgan fingerprint density at radius 1 is 1.18 bits per heavy atom. The van der Waals surface area contributed by atoms with E-state index in [1.807, 2.05) is 0 Å². The standard InChI is InChI=1S/C18H36NO2Si/c1-9-19(10-2,11-3)14-15-12-16(13-17(15)20)21-22(7,8)18(4,5)6/h12,16H,9-11,13-14H2,1-8H3/q+1/t16-/m1/s1. The lowest BCUT2D eigenvalue weighted by molar-refractivity contribution is -0.918. The van der Waals surface area contributed by atoms with Crippen LogP contribution in [0.15, 0.2) is 11.6 Å². The van der Waals surface area contributed by atoms with Crippen LogP contribution in [0.5, 0.6) is 0 Å². The third-order valence-electron chi connectivity index (χ3n) is 5.90. The molecule has 0 aromatic heterocycles. The Morgan fingerprint density at radius 2 is 1.68 bits per heavy atom. The van der Waals surface area contributed by atoms with Gasteiger partial charge in [-0.05, 0) is 45.0 Å². The zero-order valence-electron chi connectivity index (χ0n) is 16.0. The number of ketones is 1. The maximum Gasteiger partial charge on any atom is 0.192 e. The van der Waals surface area contributed by atoms with E-state index in [1.165, 1.54) is 0 Å². The van der Waals surface area contributed by atoms with Crippen LogP contribution in [-0.4, -0.2) is 50.9 Å². The fraction of sp³-hybridized carbons (Fsp3) is 0.833. The predicted octanol–water partition coefficient (Wildman–Crippen LogP) is 4.15. The molecule has 4 heteroatoms. The Labute approximate surface area is 138 Å². The van der Waals surface area contributed by atoms with E-state index < -0.39 is 8.32 Å². The highest BCUT2D eigenvalue weighted by molar-refractivity contribution is 6.74. The minimum Gasteiger partial charge on any atom is -0.410 e. The van der Waals surface area contributed by atoms with Crippen molar-refractivity contribution in [2.45, 2.75) is 72.2 Å². The first-order valence-electron chi connectivity index (χ1n) is 8.77. The van der Waals surface area contributed by atoms with Gasteiger partial charge in [-0.2, -0.15) is 0 Å². The van der Waals surface area contributed by atoms with Gasteiger partial charge in [-0.25, -0.2) is 0 Å². The zero-order chi connectivity index (χ0) is 17.2. The van der Waals surface area contributed by atoms with Crippen molar-refractivity contribution in [2.75, 3.05) is 26.2 Å². The normalized spacial score (nSPS) is 20.5. The Morgan fingerprint density at radius 3 is 2.09 bits per heavy atom. The highest BCUT2D eigenvalue weighted by Crippen LogP contribution is 2.38. The number of carbonyl (C=O) groups excluding carboxylic acids is 1. The second-order valence-corrected chi connectivity index (χ2v) is 12.9. The molecule has 0 heterocycles. The third-order valence-corrected chi connectivity index (χ3v) is 10.4. The molecular weight excluding hydrogens is 290 g/mol. The molecule has 0 aliphatic heterocycles. The molecule has 0 aromatic carbocycles. The molecule has 0 saturated heterocycles. The minimum atomic E-state index is -1.81. The van der Waals surface area contributed by atoms with Gasteiger partial charge >= 0.3 is 0 Å². The van der Waals surface area contributed by atoms with Gasteiger partial charge in [-0.1, -0.05) is 20.8 Å². The van der Waals surface area contributed by atoms with Crippen LogP contribution in [0.25, 0.3) is 0 Å². The van der Waals surface area contributed by atoms with Crippen LogP contribution >= 0.6 is 0 Å². The van der Waals surface area contributed by atoms with Crippen molar-refractivity contribution >= 4 is 14.1 Å². The van der Waals surface area contributed by atoms with Crippen molar-refractivity contribution in [1.82, 2.24) is 0 Å². The molecule has 1 rings (SSSR count). The smallest absolute Gasteiger partial charge is 0.192 e. The van der Waals surface area contributed by atoms with Crippen LogP contribution in [0.3, 0.4) is 0 Å². The molecule has 1 aliphatic rings. The molecule has 22 heavy (non-hydrogen) atoms. The van der Waals surface area contributed by atoms with E-state index in [2.05, 4.69) is 60.7 Å². The van der Waals surface area contributed by atoms with Crippen LogP contribution in [0.4, 0.5) is 0 Å². The number of rotatable bonds is 7. The first-order chi connectivity index (χ1) is 10.00. The van der Waals surface area contributed by atoms with Gasteiger partial charge in [0.2, 0.25) is 0 Å². The van der Waals surface area contributed by atoms with E-state index in [4.69, 9.17) is 4.43 Å². The Kier molecular flexibility index (Phi) is 6.21. The molecular formula is C18H36NO2Si+. The highest BCUT2D eigenvalue weighted by atomic mass is 28.4. The summed E-state index contributed by atoms with van der Waals surface area (Å²) >= 11 is 0. The van der Waals surface area contributed by atoms with Crippen molar-refractivity contribution in [1.29, 1.82) is 0 Å². The first kappa shape index (κ1) is 19.6. The Balaban J connectivity index is 2.85. The van der Waals surface area contributed by atoms with Crippen LogP contribution < -0.4 is 0 Å². The summed E-state index contributed by atoms with van der Waals surface area (Å²) in [4.78, 5) is 12.4. The second-order valence-electron chi connectivity index (χ2n) is 8.18. The van der Waals surface area contributed by atoms with E-state index >= 15 is 0 Å². The Hall–Kier alpha value is -0.453. The van der Waals surface area contributed by atoms with E-state index in [0.717, 1.165) is 36.2 Å². The van der Waals surface area contributed by atoms with E-state index in [9.17, 15) is 4.79 Å². The molecule has 0 spiro atoms. The van der Waals surface area contributed by atoms with Crippen molar-refractivity contribution in [3.8, 4) is 0 Å². The molecule has 0 radical (unpaired) electrons. The average molecular weight is 327 g/mol. The number of Topliss-reactive ketones (excluding diaryl/α,β-unsaturated/α-hetero) is 1. The van der Waals surface area contributed by atoms with Crippen LogP contribution in [0.1, 0.15) is 48.0 Å². The van der Waals surface area contributed by atoms with Crippen LogP contribution in [-0.2, 0) is 9.22 Å². The van der Waals surface area contributed by atoms with Crippen LogP contribution in [0.2, 0.25) is 18.1 Å². The summed E-state index contributed by atoms with van der Waals surface area (Å²) in [5.41, 5.74) is 0.995. The number of carbonyl (C=O) groups is 1. The minimum absolute atomic E-state index is 0.00383. The summed E-state index contributed by atoms with van der Waals surface area (Å²) in [6.45, 7) is 22.0. The summed E-state index contributed by atoms with van der Waals surface area (Å²) in [6, 6.07) is 0. The van der Waals surface area contributed by atoms with Crippen LogP contribution in [0, 0.1) is 0 Å². The summed E-state index contributed by atoms with van der Waals surface area (Å²) < 4.78 is 7.40. The van der Waals surface area contributed by atoms with Gasteiger partial charge in [0.25, 0.3) is 0 Å². The molecule has 0 unspecified atom stereocenters. The fourth-order valence-electron chi connectivity index (χ4n) is 2.83. The van der Waals surface area contributed by atoms with E-state index in [-0.39, 0.29) is 11.1 Å². The van der Waals surface area contributed by atoms with Gasteiger partial charge in [-0.15, -0.1) is 0 Å². The van der Waals surface area contributed by atoms with E-state index in [1.54, 1.807) is 0 Å². The monoisotopic (exact) mass is 326 g/mol. The maximum absolute atomic E-state index is 12.4. The van der Waals surface area contributed by atoms with Gasteiger partial charge in [-0.3, -0.25) is 4.79 Å². The third kappa shape index (κ3) is 4.30. The van der Waals surface area contributed by atoms with Gasteiger partial charge in [0.15, 0.2) is 14.1 Å². The molecule has 1 aliphatic carbocycles. The highest BCUT2D eigenvalue weighted by Gasteiger charge is 2.41.